The van der Waals surface area contributed by atoms with Gasteiger partial charge < -0.3 is 5.32 Å². The molecular formula is C17H19BrN6O2S. The normalized spacial score (nSPS) is 11.5. The first-order valence-electron chi connectivity index (χ1n) is 8.19. The van der Waals surface area contributed by atoms with Gasteiger partial charge >= 0.3 is 0 Å². The molecule has 1 aromatic carbocycles. The Hall–Kier alpha value is -2.30. The molecule has 10 heteroatoms. The fraction of sp³-hybridized carbons (Fsp3) is 0.235. The van der Waals surface area contributed by atoms with E-state index in [0.717, 1.165) is 15.9 Å². The number of rotatable bonds is 7. The van der Waals surface area contributed by atoms with Crippen molar-refractivity contribution in [1.29, 1.82) is 0 Å². The quantitative estimate of drug-likeness (QED) is 0.535. The summed E-state index contributed by atoms with van der Waals surface area (Å²) >= 11 is 3.29. The van der Waals surface area contributed by atoms with Crippen LogP contribution in [0.25, 0.3) is 5.82 Å². The van der Waals surface area contributed by atoms with Crippen LogP contribution < -0.4 is 10.0 Å². The molecule has 2 aromatic heterocycles. The molecule has 8 nitrogen and oxygen atoms in total. The summed E-state index contributed by atoms with van der Waals surface area (Å²) in [7, 11) is -3.54. The summed E-state index contributed by atoms with van der Waals surface area (Å²) in [6, 6.07) is 8.26. The van der Waals surface area contributed by atoms with Gasteiger partial charge in [-0.15, -0.1) is 0 Å². The molecule has 0 saturated heterocycles. The standard InChI is InChI=1S/C17H19BrN6O2S/c1-12-13(2)24(11-22-12)17-9-16(20-10-21-17)19-7-8-23-27(25,26)15-5-3-14(18)4-6-15/h3-6,9-11,23H,7-8H2,1-2H3,(H,19,20,21). The molecule has 0 unspecified atom stereocenters. The summed E-state index contributed by atoms with van der Waals surface area (Å²) < 4.78 is 29.7. The number of aryl methyl sites for hydroxylation is 1. The van der Waals surface area contributed by atoms with Crippen LogP contribution in [0.2, 0.25) is 0 Å². The number of anilines is 1. The van der Waals surface area contributed by atoms with Crippen molar-refractivity contribution in [2.24, 2.45) is 0 Å². The van der Waals surface area contributed by atoms with E-state index in [1.165, 1.54) is 6.33 Å². The zero-order valence-corrected chi connectivity index (χ0v) is 17.2. The maximum Gasteiger partial charge on any atom is 0.240 e. The predicted octanol–water partition coefficient (Wildman–Crippen LogP) is 2.43. The molecule has 142 valence electrons. The minimum atomic E-state index is -3.54. The molecular weight excluding hydrogens is 432 g/mol. The molecule has 27 heavy (non-hydrogen) atoms. The van der Waals surface area contributed by atoms with Crippen LogP contribution in [0.1, 0.15) is 11.4 Å². The van der Waals surface area contributed by atoms with Crippen molar-refractivity contribution in [3.05, 3.63) is 58.8 Å². The molecule has 0 aliphatic carbocycles. The Morgan fingerprint density at radius 3 is 2.48 bits per heavy atom. The van der Waals surface area contributed by atoms with Gasteiger partial charge in [-0.2, -0.15) is 0 Å². The van der Waals surface area contributed by atoms with Gasteiger partial charge in [-0.25, -0.2) is 28.1 Å². The average molecular weight is 451 g/mol. The first kappa shape index (κ1) is 19.5. The fourth-order valence-corrected chi connectivity index (χ4v) is 3.67. The number of nitrogens with one attached hydrogen (secondary N) is 2. The van der Waals surface area contributed by atoms with Crippen molar-refractivity contribution >= 4 is 31.8 Å². The number of sulfonamides is 1. The summed E-state index contributed by atoms with van der Waals surface area (Å²) in [6.07, 6.45) is 3.17. The van der Waals surface area contributed by atoms with E-state index in [4.69, 9.17) is 0 Å². The molecule has 3 rings (SSSR count). The molecule has 2 heterocycles. The second-order valence-electron chi connectivity index (χ2n) is 5.83. The highest BCUT2D eigenvalue weighted by Gasteiger charge is 2.13. The Balaban J connectivity index is 1.59. The second-order valence-corrected chi connectivity index (χ2v) is 8.51. The zero-order chi connectivity index (χ0) is 19.4. The first-order valence-corrected chi connectivity index (χ1v) is 10.5. The van der Waals surface area contributed by atoms with Gasteiger partial charge in [-0.05, 0) is 38.1 Å². The number of halogens is 1. The molecule has 0 atom stereocenters. The van der Waals surface area contributed by atoms with E-state index in [0.29, 0.717) is 18.2 Å². The monoisotopic (exact) mass is 450 g/mol. The van der Waals surface area contributed by atoms with Gasteiger partial charge in [0.05, 0.1) is 10.6 Å². The highest BCUT2D eigenvalue weighted by molar-refractivity contribution is 9.10. The van der Waals surface area contributed by atoms with Gasteiger partial charge in [-0.1, -0.05) is 15.9 Å². The minimum absolute atomic E-state index is 0.223. The van der Waals surface area contributed by atoms with E-state index in [2.05, 4.69) is 40.9 Å². The van der Waals surface area contributed by atoms with Crippen molar-refractivity contribution in [2.45, 2.75) is 18.7 Å². The Kier molecular flexibility index (Phi) is 5.88. The van der Waals surface area contributed by atoms with Crippen LogP contribution in [0.5, 0.6) is 0 Å². The summed E-state index contributed by atoms with van der Waals surface area (Å²) in [5.41, 5.74) is 1.94. The van der Waals surface area contributed by atoms with E-state index in [1.807, 2.05) is 18.4 Å². The van der Waals surface area contributed by atoms with Crippen LogP contribution in [0.3, 0.4) is 0 Å². The van der Waals surface area contributed by atoms with E-state index >= 15 is 0 Å². The van der Waals surface area contributed by atoms with Crippen molar-refractivity contribution < 1.29 is 8.42 Å². The Morgan fingerprint density at radius 2 is 1.81 bits per heavy atom. The number of hydrogen-bond donors (Lipinski definition) is 2. The molecule has 0 spiro atoms. The van der Waals surface area contributed by atoms with Crippen molar-refractivity contribution in [3.63, 3.8) is 0 Å². The summed E-state index contributed by atoms with van der Waals surface area (Å²) in [4.78, 5) is 12.9. The van der Waals surface area contributed by atoms with Gasteiger partial charge in [0, 0.05) is 29.3 Å². The second kappa shape index (κ2) is 8.15. The Morgan fingerprint density at radius 1 is 1.07 bits per heavy atom. The van der Waals surface area contributed by atoms with Gasteiger partial charge in [0.25, 0.3) is 0 Å². The van der Waals surface area contributed by atoms with E-state index in [9.17, 15) is 8.42 Å². The van der Waals surface area contributed by atoms with Crippen molar-refractivity contribution in [3.8, 4) is 5.82 Å². The summed E-state index contributed by atoms with van der Waals surface area (Å²) in [5, 5.41) is 3.09. The van der Waals surface area contributed by atoms with Crippen LogP contribution in [-0.2, 0) is 10.0 Å². The topological polar surface area (TPSA) is 102 Å². The maximum absolute atomic E-state index is 12.2. The molecule has 0 radical (unpaired) electrons. The molecule has 3 aromatic rings. The molecule has 0 aliphatic heterocycles. The average Bonchev–Trinajstić information content (AvgIpc) is 2.98. The molecule has 0 amide bonds. The highest BCUT2D eigenvalue weighted by atomic mass is 79.9. The summed E-state index contributed by atoms with van der Waals surface area (Å²) in [5.74, 6) is 1.30. The molecule has 0 fully saturated rings. The zero-order valence-electron chi connectivity index (χ0n) is 14.8. The van der Waals surface area contributed by atoms with Gasteiger partial charge in [0.1, 0.15) is 24.3 Å². The SMILES string of the molecule is Cc1ncn(-c2cc(NCCNS(=O)(=O)c3ccc(Br)cc3)ncn2)c1C. The summed E-state index contributed by atoms with van der Waals surface area (Å²) in [6.45, 7) is 4.51. The van der Waals surface area contributed by atoms with Crippen LogP contribution in [0, 0.1) is 13.8 Å². The highest BCUT2D eigenvalue weighted by Crippen LogP contribution is 2.15. The third-order valence-corrected chi connectivity index (χ3v) is 6.00. The molecule has 0 bridgehead atoms. The number of nitrogens with zero attached hydrogens (tertiary/aromatic N) is 4. The van der Waals surface area contributed by atoms with E-state index in [1.54, 1.807) is 36.7 Å². The number of benzene rings is 1. The van der Waals surface area contributed by atoms with Crippen molar-refractivity contribution in [1.82, 2.24) is 24.2 Å². The maximum atomic E-state index is 12.2. The predicted molar refractivity (Wildman–Crippen MR) is 106 cm³/mol. The van der Waals surface area contributed by atoms with Gasteiger partial charge in [0.15, 0.2) is 0 Å². The smallest absolute Gasteiger partial charge is 0.240 e. The number of imidazole rings is 1. The first-order chi connectivity index (χ1) is 12.9. The van der Waals surface area contributed by atoms with Crippen molar-refractivity contribution in [2.75, 3.05) is 18.4 Å². The Bertz CT molecular complexity index is 1030. The molecule has 2 N–H and O–H groups in total. The third kappa shape index (κ3) is 4.71. The Labute approximate surface area is 166 Å². The third-order valence-electron chi connectivity index (χ3n) is 4.00. The largest absolute Gasteiger partial charge is 0.369 e. The number of hydrogen-bond acceptors (Lipinski definition) is 6. The molecule has 0 saturated carbocycles. The number of aromatic nitrogens is 4. The minimum Gasteiger partial charge on any atom is -0.369 e. The lowest BCUT2D eigenvalue weighted by Crippen LogP contribution is -2.29. The fourth-order valence-electron chi connectivity index (χ4n) is 2.38. The lowest BCUT2D eigenvalue weighted by atomic mass is 10.4. The lowest BCUT2D eigenvalue weighted by Gasteiger charge is -2.10. The van der Waals surface area contributed by atoms with Gasteiger partial charge in [0.2, 0.25) is 10.0 Å². The van der Waals surface area contributed by atoms with E-state index < -0.39 is 10.0 Å². The molecule has 0 aliphatic rings. The van der Waals surface area contributed by atoms with Crippen LogP contribution in [-0.4, -0.2) is 41.0 Å². The van der Waals surface area contributed by atoms with Gasteiger partial charge in [-0.3, -0.25) is 4.57 Å². The van der Waals surface area contributed by atoms with Crippen LogP contribution in [0.15, 0.2) is 52.4 Å². The lowest BCUT2D eigenvalue weighted by molar-refractivity contribution is 0.583. The van der Waals surface area contributed by atoms with Crippen LogP contribution >= 0.6 is 15.9 Å². The van der Waals surface area contributed by atoms with Crippen LogP contribution in [0.4, 0.5) is 5.82 Å². The van der Waals surface area contributed by atoms with E-state index in [-0.39, 0.29) is 11.4 Å².